The standard InChI is InChI=1S/C12H12ClN3O2/c1-7(11(17)15-12(14)18)16-6-5-8-3-2-4-9(13)10(8)16/h2-7H,1H3,(H3,14,15,17,18). The number of nitrogens with zero attached hydrogens (tertiary/aromatic N) is 1. The van der Waals surface area contributed by atoms with E-state index in [2.05, 4.69) is 5.32 Å². The minimum Gasteiger partial charge on any atom is -0.351 e. The van der Waals surface area contributed by atoms with E-state index in [1.165, 1.54) is 0 Å². The van der Waals surface area contributed by atoms with Gasteiger partial charge in [-0.2, -0.15) is 0 Å². The zero-order chi connectivity index (χ0) is 13.3. The van der Waals surface area contributed by atoms with Crippen molar-refractivity contribution >= 4 is 34.4 Å². The number of rotatable bonds is 2. The van der Waals surface area contributed by atoms with Crippen LogP contribution in [0.5, 0.6) is 0 Å². The molecule has 1 atom stereocenters. The molecule has 1 aromatic carbocycles. The Kier molecular flexibility index (Phi) is 3.25. The van der Waals surface area contributed by atoms with Gasteiger partial charge in [-0.25, -0.2) is 4.79 Å². The molecular formula is C12H12ClN3O2. The zero-order valence-corrected chi connectivity index (χ0v) is 10.4. The molecule has 94 valence electrons. The fraction of sp³-hybridized carbons (Fsp3) is 0.167. The summed E-state index contributed by atoms with van der Waals surface area (Å²) in [6.07, 6.45) is 1.75. The Labute approximate surface area is 109 Å². The lowest BCUT2D eigenvalue weighted by molar-refractivity contribution is -0.122. The first-order valence-electron chi connectivity index (χ1n) is 5.36. The van der Waals surface area contributed by atoms with E-state index in [1.807, 2.05) is 18.2 Å². The van der Waals surface area contributed by atoms with E-state index < -0.39 is 18.0 Å². The van der Waals surface area contributed by atoms with E-state index in [0.717, 1.165) is 10.9 Å². The van der Waals surface area contributed by atoms with Gasteiger partial charge in [0.15, 0.2) is 0 Å². The summed E-state index contributed by atoms with van der Waals surface area (Å²) in [6, 6.07) is 5.90. The van der Waals surface area contributed by atoms with Gasteiger partial charge in [0.05, 0.1) is 10.5 Å². The van der Waals surface area contributed by atoms with Crippen LogP contribution in [0.1, 0.15) is 13.0 Å². The molecule has 1 aromatic heterocycles. The Bertz CT molecular complexity index is 621. The molecule has 3 N–H and O–H groups in total. The number of hydrogen-bond acceptors (Lipinski definition) is 2. The van der Waals surface area contributed by atoms with Gasteiger partial charge in [-0.05, 0) is 19.1 Å². The third-order valence-corrected chi connectivity index (χ3v) is 3.04. The van der Waals surface area contributed by atoms with Crippen LogP contribution in [0.4, 0.5) is 4.79 Å². The Morgan fingerprint density at radius 1 is 1.39 bits per heavy atom. The average molecular weight is 266 g/mol. The zero-order valence-electron chi connectivity index (χ0n) is 9.68. The van der Waals surface area contributed by atoms with Crippen molar-refractivity contribution in [2.75, 3.05) is 0 Å². The Hall–Kier alpha value is -2.01. The lowest BCUT2D eigenvalue weighted by Gasteiger charge is -2.14. The summed E-state index contributed by atoms with van der Waals surface area (Å²) in [5.41, 5.74) is 5.68. The topological polar surface area (TPSA) is 77.1 Å². The predicted octanol–water partition coefficient (Wildman–Crippen LogP) is 2.05. The molecule has 0 aliphatic carbocycles. The molecule has 2 rings (SSSR count). The van der Waals surface area contributed by atoms with E-state index in [0.29, 0.717) is 5.02 Å². The molecule has 0 bridgehead atoms. The maximum absolute atomic E-state index is 11.7. The summed E-state index contributed by atoms with van der Waals surface area (Å²) in [6.45, 7) is 1.67. The Balaban J connectivity index is 2.42. The summed E-state index contributed by atoms with van der Waals surface area (Å²) < 4.78 is 1.70. The van der Waals surface area contributed by atoms with Gasteiger partial charge in [0.2, 0.25) is 0 Å². The average Bonchev–Trinajstić information content (AvgIpc) is 2.72. The number of fused-ring (bicyclic) bond motifs is 1. The summed E-state index contributed by atoms with van der Waals surface area (Å²) in [4.78, 5) is 22.4. The molecule has 0 saturated carbocycles. The molecule has 0 aliphatic rings. The van der Waals surface area contributed by atoms with E-state index in [4.69, 9.17) is 17.3 Å². The number of hydrogen-bond donors (Lipinski definition) is 2. The summed E-state index contributed by atoms with van der Waals surface area (Å²) >= 11 is 6.11. The Morgan fingerprint density at radius 2 is 2.11 bits per heavy atom. The number of benzene rings is 1. The van der Waals surface area contributed by atoms with Crippen molar-refractivity contribution in [1.82, 2.24) is 9.88 Å². The van der Waals surface area contributed by atoms with Crippen molar-refractivity contribution in [2.45, 2.75) is 13.0 Å². The maximum Gasteiger partial charge on any atom is 0.318 e. The largest absolute Gasteiger partial charge is 0.351 e. The second-order valence-electron chi connectivity index (χ2n) is 3.93. The molecule has 0 fully saturated rings. The number of aromatic nitrogens is 1. The van der Waals surface area contributed by atoms with Crippen LogP contribution in [0.15, 0.2) is 30.5 Å². The van der Waals surface area contributed by atoms with E-state index in [1.54, 1.807) is 23.8 Å². The second kappa shape index (κ2) is 4.70. The Morgan fingerprint density at radius 3 is 2.78 bits per heavy atom. The van der Waals surface area contributed by atoms with Gasteiger partial charge in [-0.3, -0.25) is 10.1 Å². The summed E-state index contributed by atoms with van der Waals surface area (Å²) in [7, 11) is 0. The van der Waals surface area contributed by atoms with Crippen LogP contribution in [-0.4, -0.2) is 16.5 Å². The lowest BCUT2D eigenvalue weighted by Crippen LogP contribution is -2.39. The first-order chi connectivity index (χ1) is 8.50. The van der Waals surface area contributed by atoms with Crippen LogP contribution in [0, 0.1) is 0 Å². The number of para-hydroxylation sites is 1. The maximum atomic E-state index is 11.7. The third-order valence-electron chi connectivity index (χ3n) is 2.73. The number of carbonyl (C=O) groups is 2. The van der Waals surface area contributed by atoms with Crippen LogP contribution >= 0.6 is 11.6 Å². The van der Waals surface area contributed by atoms with Crippen molar-refractivity contribution in [3.05, 3.63) is 35.5 Å². The normalized spacial score (nSPS) is 12.3. The number of imide groups is 1. The van der Waals surface area contributed by atoms with Gasteiger partial charge in [0, 0.05) is 11.6 Å². The van der Waals surface area contributed by atoms with E-state index >= 15 is 0 Å². The number of halogens is 1. The third kappa shape index (κ3) is 2.17. The number of carbonyl (C=O) groups excluding carboxylic acids is 2. The van der Waals surface area contributed by atoms with Gasteiger partial charge in [0.1, 0.15) is 6.04 Å². The molecule has 3 amide bonds. The summed E-state index contributed by atoms with van der Waals surface area (Å²) in [5.74, 6) is -0.472. The predicted molar refractivity (Wildman–Crippen MR) is 69.4 cm³/mol. The lowest BCUT2D eigenvalue weighted by atomic mass is 10.2. The molecule has 0 saturated heterocycles. The number of nitrogens with two attached hydrogens (primary N) is 1. The number of nitrogens with one attached hydrogen (secondary N) is 1. The highest BCUT2D eigenvalue weighted by Gasteiger charge is 2.18. The van der Waals surface area contributed by atoms with Crippen molar-refractivity contribution in [3.63, 3.8) is 0 Å². The van der Waals surface area contributed by atoms with Crippen molar-refractivity contribution in [1.29, 1.82) is 0 Å². The SMILES string of the molecule is CC(C(=O)NC(N)=O)n1ccc2cccc(Cl)c21. The van der Waals surface area contributed by atoms with E-state index in [-0.39, 0.29) is 0 Å². The van der Waals surface area contributed by atoms with Gasteiger partial charge in [-0.1, -0.05) is 23.7 Å². The first-order valence-corrected chi connectivity index (χ1v) is 5.74. The minimum atomic E-state index is -0.866. The van der Waals surface area contributed by atoms with Crippen LogP contribution in [-0.2, 0) is 4.79 Å². The molecule has 0 radical (unpaired) electrons. The molecule has 2 aromatic rings. The number of amides is 3. The highest BCUT2D eigenvalue weighted by molar-refractivity contribution is 6.35. The van der Waals surface area contributed by atoms with Crippen LogP contribution in [0.2, 0.25) is 5.02 Å². The number of urea groups is 1. The van der Waals surface area contributed by atoms with Gasteiger partial charge in [-0.15, -0.1) is 0 Å². The molecule has 6 heteroatoms. The highest BCUT2D eigenvalue weighted by atomic mass is 35.5. The molecule has 1 heterocycles. The van der Waals surface area contributed by atoms with Gasteiger partial charge < -0.3 is 10.3 Å². The van der Waals surface area contributed by atoms with Crippen molar-refractivity contribution in [2.24, 2.45) is 5.73 Å². The quantitative estimate of drug-likeness (QED) is 0.872. The van der Waals surface area contributed by atoms with E-state index in [9.17, 15) is 9.59 Å². The second-order valence-corrected chi connectivity index (χ2v) is 4.34. The highest BCUT2D eigenvalue weighted by Crippen LogP contribution is 2.27. The molecule has 0 aliphatic heterocycles. The van der Waals surface area contributed by atoms with Crippen molar-refractivity contribution in [3.8, 4) is 0 Å². The fourth-order valence-corrected chi connectivity index (χ4v) is 2.13. The van der Waals surface area contributed by atoms with Crippen LogP contribution in [0.25, 0.3) is 10.9 Å². The molecule has 0 spiro atoms. The fourth-order valence-electron chi connectivity index (χ4n) is 1.85. The van der Waals surface area contributed by atoms with Gasteiger partial charge >= 0.3 is 6.03 Å². The smallest absolute Gasteiger partial charge is 0.318 e. The molecular weight excluding hydrogens is 254 g/mol. The summed E-state index contributed by atoms with van der Waals surface area (Å²) in [5, 5.41) is 3.53. The minimum absolute atomic E-state index is 0.472. The van der Waals surface area contributed by atoms with Crippen LogP contribution in [0.3, 0.4) is 0 Å². The monoisotopic (exact) mass is 265 g/mol. The molecule has 5 nitrogen and oxygen atoms in total. The van der Waals surface area contributed by atoms with Crippen LogP contribution < -0.4 is 11.1 Å². The molecule has 18 heavy (non-hydrogen) atoms. The number of primary amides is 1. The first kappa shape index (κ1) is 12.4. The van der Waals surface area contributed by atoms with Gasteiger partial charge in [0.25, 0.3) is 5.91 Å². The molecule has 1 unspecified atom stereocenters. The van der Waals surface area contributed by atoms with Crippen molar-refractivity contribution < 1.29 is 9.59 Å².